The highest BCUT2D eigenvalue weighted by Gasteiger charge is 2.27. The lowest BCUT2D eigenvalue weighted by molar-refractivity contribution is 0.0696. The second kappa shape index (κ2) is 8.47. The minimum absolute atomic E-state index is 0.363. The van der Waals surface area contributed by atoms with Crippen LogP contribution in [0.5, 0.6) is 0 Å². The molecule has 1 fully saturated rings. The van der Waals surface area contributed by atoms with E-state index in [0.29, 0.717) is 17.6 Å². The Balaban J connectivity index is 1.56. The zero-order valence-electron chi connectivity index (χ0n) is 15.6. The SMILES string of the molecule is CC1CC(N(C)Cc2cccc(C(=O)O)c2)CCN1Cc1ccccc1. The fraction of sp³-hybridized carbons (Fsp3) is 0.409. The second-order valence-corrected chi connectivity index (χ2v) is 7.40. The Morgan fingerprint density at radius 1 is 1.15 bits per heavy atom. The predicted octanol–water partition coefficient (Wildman–Crippen LogP) is 3.87. The smallest absolute Gasteiger partial charge is 0.335 e. The van der Waals surface area contributed by atoms with Crippen molar-refractivity contribution in [1.82, 2.24) is 9.80 Å². The lowest BCUT2D eigenvalue weighted by Gasteiger charge is -2.41. The molecule has 138 valence electrons. The van der Waals surface area contributed by atoms with E-state index in [1.165, 1.54) is 5.56 Å². The number of aromatic carboxylic acids is 1. The summed E-state index contributed by atoms with van der Waals surface area (Å²) in [6, 6.07) is 19.0. The number of piperidine rings is 1. The molecule has 26 heavy (non-hydrogen) atoms. The van der Waals surface area contributed by atoms with Crippen molar-refractivity contribution in [2.24, 2.45) is 0 Å². The average molecular weight is 352 g/mol. The van der Waals surface area contributed by atoms with E-state index in [1.54, 1.807) is 12.1 Å². The van der Waals surface area contributed by atoms with Gasteiger partial charge in [-0.1, -0.05) is 42.5 Å². The fourth-order valence-electron chi connectivity index (χ4n) is 3.87. The fourth-order valence-corrected chi connectivity index (χ4v) is 3.87. The normalized spacial score (nSPS) is 21.0. The van der Waals surface area contributed by atoms with Gasteiger partial charge in [0.1, 0.15) is 0 Å². The molecule has 1 saturated heterocycles. The first-order valence-electron chi connectivity index (χ1n) is 9.33. The molecular weight excluding hydrogens is 324 g/mol. The minimum Gasteiger partial charge on any atom is -0.478 e. The zero-order valence-corrected chi connectivity index (χ0v) is 15.6. The monoisotopic (exact) mass is 352 g/mol. The predicted molar refractivity (Wildman–Crippen MR) is 104 cm³/mol. The van der Waals surface area contributed by atoms with Gasteiger partial charge in [-0.15, -0.1) is 0 Å². The maximum Gasteiger partial charge on any atom is 0.335 e. The topological polar surface area (TPSA) is 43.8 Å². The van der Waals surface area contributed by atoms with E-state index in [-0.39, 0.29) is 0 Å². The third-order valence-corrected chi connectivity index (χ3v) is 5.44. The Hall–Kier alpha value is -2.17. The molecule has 1 heterocycles. The van der Waals surface area contributed by atoms with E-state index in [4.69, 9.17) is 5.11 Å². The van der Waals surface area contributed by atoms with Crippen LogP contribution in [-0.4, -0.2) is 46.6 Å². The first kappa shape index (κ1) is 18.6. The van der Waals surface area contributed by atoms with E-state index in [1.807, 2.05) is 12.1 Å². The molecule has 2 aromatic carbocycles. The van der Waals surface area contributed by atoms with Crippen molar-refractivity contribution < 1.29 is 9.90 Å². The lowest BCUT2D eigenvalue weighted by Crippen LogP contribution is -2.47. The van der Waals surface area contributed by atoms with Crippen LogP contribution < -0.4 is 0 Å². The van der Waals surface area contributed by atoms with E-state index >= 15 is 0 Å². The van der Waals surface area contributed by atoms with Crippen molar-refractivity contribution in [3.05, 3.63) is 71.3 Å². The minimum atomic E-state index is -0.864. The maximum atomic E-state index is 11.2. The number of carbonyl (C=O) groups is 1. The first-order chi connectivity index (χ1) is 12.5. The molecule has 0 aromatic heterocycles. The number of hydrogen-bond donors (Lipinski definition) is 1. The summed E-state index contributed by atoms with van der Waals surface area (Å²) < 4.78 is 0. The van der Waals surface area contributed by atoms with E-state index in [2.05, 4.69) is 54.1 Å². The molecule has 1 N–H and O–H groups in total. The number of carboxylic acid groups (broad SMARTS) is 1. The molecule has 0 spiro atoms. The van der Waals surface area contributed by atoms with E-state index in [9.17, 15) is 4.79 Å². The Morgan fingerprint density at radius 3 is 2.58 bits per heavy atom. The molecule has 2 aromatic rings. The van der Waals surface area contributed by atoms with E-state index < -0.39 is 5.97 Å². The van der Waals surface area contributed by atoms with Gasteiger partial charge in [-0.05, 0) is 50.1 Å². The maximum absolute atomic E-state index is 11.2. The molecule has 3 rings (SSSR count). The van der Waals surface area contributed by atoms with Crippen molar-refractivity contribution in [3.8, 4) is 0 Å². The van der Waals surface area contributed by atoms with Crippen LogP contribution in [0, 0.1) is 0 Å². The lowest BCUT2D eigenvalue weighted by atomic mass is 9.96. The summed E-state index contributed by atoms with van der Waals surface area (Å²) in [6.45, 7) is 5.21. The van der Waals surface area contributed by atoms with Gasteiger partial charge in [-0.25, -0.2) is 4.79 Å². The van der Waals surface area contributed by atoms with Crippen LogP contribution in [0.3, 0.4) is 0 Å². The number of nitrogens with zero attached hydrogens (tertiary/aromatic N) is 2. The van der Waals surface area contributed by atoms with Gasteiger partial charge in [0.15, 0.2) is 0 Å². The van der Waals surface area contributed by atoms with Crippen molar-refractivity contribution in [3.63, 3.8) is 0 Å². The molecular formula is C22H28N2O2. The molecule has 0 aliphatic carbocycles. The summed E-state index contributed by atoms with van der Waals surface area (Å²) in [6.07, 6.45) is 2.29. The number of likely N-dealkylation sites (tertiary alicyclic amines) is 1. The molecule has 4 heteroatoms. The van der Waals surface area contributed by atoms with E-state index in [0.717, 1.165) is 38.0 Å². The summed E-state index contributed by atoms with van der Waals surface area (Å²) in [4.78, 5) is 16.1. The van der Waals surface area contributed by atoms with Gasteiger partial charge in [-0.3, -0.25) is 9.80 Å². The Kier molecular flexibility index (Phi) is 6.07. The average Bonchev–Trinajstić information content (AvgIpc) is 2.64. The molecule has 0 radical (unpaired) electrons. The van der Waals surface area contributed by atoms with Crippen LogP contribution in [0.25, 0.3) is 0 Å². The van der Waals surface area contributed by atoms with Crippen molar-refractivity contribution in [1.29, 1.82) is 0 Å². The largest absolute Gasteiger partial charge is 0.478 e. The highest BCUT2D eigenvalue weighted by molar-refractivity contribution is 5.87. The van der Waals surface area contributed by atoms with Crippen molar-refractivity contribution in [2.45, 2.75) is 44.9 Å². The highest BCUT2D eigenvalue weighted by Crippen LogP contribution is 2.24. The van der Waals surface area contributed by atoms with Crippen LogP contribution in [0.4, 0.5) is 0 Å². The Labute approximate surface area is 156 Å². The molecule has 0 saturated carbocycles. The Bertz CT molecular complexity index is 732. The van der Waals surface area contributed by atoms with Gasteiger partial charge >= 0.3 is 5.97 Å². The summed E-state index contributed by atoms with van der Waals surface area (Å²) in [7, 11) is 2.15. The van der Waals surface area contributed by atoms with Crippen LogP contribution in [-0.2, 0) is 13.1 Å². The van der Waals surface area contributed by atoms with Crippen molar-refractivity contribution >= 4 is 5.97 Å². The Morgan fingerprint density at radius 2 is 1.88 bits per heavy atom. The quantitative estimate of drug-likeness (QED) is 0.857. The van der Waals surface area contributed by atoms with Crippen LogP contribution in [0.15, 0.2) is 54.6 Å². The molecule has 4 nitrogen and oxygen atoms in total. The summed E-state index contributed by atoms with van der Waals surface area (Å²) >= 11 is 0. The van der Waals surface area contributed by atoms with Gasteiger partial charge < -0.3 is 5.11 Å². The standard InChI is InChI=1S/C22H28N2O2/c1-17-13-21(11-12-24(17)16-18-7-4-3-5-8-18)23(2)15-19-9-6-10-20(14-19)22(25)26/h3-10,14,17,21H,11-13,15-16H2,1-2H3,(H,25,26). The van der Waals surface area contributed by atoms with Gasteiger partial charge in [-0.2, -0.15) is 0 Å². The summed E-state index contributed by atoms with van der Waals surface area (Å²) in [5.74, 6) is -0.864. The number of benzene rings is 2. The summed E-state index contributed by atoms with van der Waals surface area (Å²) in [5, 5.41) is 9.16. The van der Waals surface area contributed by atoms with Crippen LogP contribution in [0.1, 0.15) is 41.3 Å². The molecule has 2 atom stereocenters. The third-order valence-electron chi connectivity index (χ3n) is 5.44. The zero-order chi connectivity index (χ0) is 18.5. The van der Waals surface area contributed by atoms with Crippen LogP contribution in [0.2, 0.25) is 0 Å². The third kappa shape index (κ3) is 4.71. The molecule has 0 bridgehead atoms. The molecule has 0 amide bonds. The van der Waals surface area contributed by atoms with Gasteiger partial charge in [0.25, 0.3) is 0 Å². The second-order valence-electron chi connectivity index (χ2n) is 7.40. The number of rotatable bonds is 6. The number of carboxylic acids is 1. The van der Waals surface area contributed by atoms with Gasteiger partial charge in [0.2, 0.25) is 0 Å². The number of hydrogen-bond acceptors (Lipinski definition) is 3. The van der Waals surface area contributed by atoms with Gasteiger partial charge in [0, 0.05) is 31.7 Å². The van der Waals surface area contributed by atoms with Crippen molar-refractivity contribution in [2.75, 3.05) is 13.6 Å². The van der Waals surface area contributed by atoms with Gasteiger partial charge in [0.05, 0.1) is 5.56 Å². The first-order valence-corrected chi connectivity index (χ1v) is 9.33. The molecule has 1 aliphatic heterocycles. The highest BCUT2D eigenvalue weighted by atomic mass is 16.4. The summed E-state index contributed by atoms with van der Waals surface area (Å²) in [5.41, 5.74) is 2.80. The molecule has 2 unspecified atom stereocenters. The van der Waals surface area contributed by atoms with Crippen LogP contribution >= 0.6 is 0 Å². The molecule has 1 aliphatic rings.